The minimum Gasteiger partial charge on any atom is -0.386 e. The molecule has 1 unspecified atom stereocenters. The summed E-state index contributed by atoms with van der Waals surface area (Å²) >= 11 is 1.58. The molecule has 1 atom stereocenters. The van der Waals surface area contributed by atoms with Crippen LogP contribution in [0.3, 0.4) is 0 Å². The molecular weight excluding hydrogens is 372 g/mol. The number of amides is 2. The number of hydrogen-bond acceptors (Lipinski definition) is 5. The van der Waals surface area contributed by atoms with Crippen molar-refractivity contribution in [3.8, 4) is 0 Å². The van der Waals surface area contributed by atoms with Crippen LogP contribution in [0.2, 0.25) is 0 Å². The topological polar surface area (TPSA) is 87.5 Å². The van der Waals surface area contributed by atoms with Crippen LogP contribution < -0.4 is 16.4 Å². The highest BCUT2D eigenvalue weighted by atomic mass is 32.1. The Balaban J connectivity index is 1.59. The van der Waals surface area contributed by atoms with Crippen LogP contribution in [0.25, 0.3) is 0 Å². The number of rotatable bonds is 7. The number of allylic oxidation sites excluding steroid dienone is 1. The van der Waals surface area contributed by atoms with E-state index in [-0.39, 0.29) is 23.8 Å². The van der Waals surface area contributed by atoms with Crippen LogP contribution in [0.1, 0.15) is 59.8 Å². The Hall–Kier alpha value is -2.02. The summed E-state index contributed by atoms with van der Waals surface area (Å²) in [5.41, 5.74) is 7.90. The lowest BCUT2D eigenvalue weighted by molar-refractivity contribution is -0.117. The van der Waals surface area contributed by atoms with E-state index in [1.807, 2.05) is 20.0 Å². The van der Waals surface area contributed by atoms with Crippen molar-refractivity contribution in [2.45, 2.75) is 57.9 Å². The number of fused-ring (bicyclic) bond motifs is 1. The van der Waals surface area contributed by atoms with E-state index in [0.717, 1.165) is 55.0 Å². The summed E-state index contributed by atoms with van der Waals surface area (Å²) in [5, 5.41) is 6.90. The van der Waals surface area contributed by atoms with Crippen LogP contribution in [-0.2, 0) is 17.6 Å². The van der Waals surface area contributed by atoms with Crippen LogP contribution in [0.5, 0.6) is 0 Å². The molecule has 3 aliphatic carbocycles. The maximum Gasteiger partial charge on any atom is 0.254 e. The molecule has 2 amide bonds. The largest absolute Gasteiger partial charge is 0.386 e. The Labute approximate surface area is 170 Å². The van der Waals surface area contributed by atoms with Crippen molar-refractivity contribution in [1.82, 2.24) is 10.2 Å². The zero-order chi connectivity index (χ0) is 19.8. The van der Waals surface area contributed by atoms with Crippen molar-refractivity contribution in [3.05, 3.63) is 27.9 Å². The molecule has 28 heavy (non-hydrogen) atoms. The lowest BCUT2D eigenvalue weighted by Crippen LogP contribution is -2.38. The van der Waals surface area contributed by atoms with Gasteiger partial charge in [0.2, 0.25) is 5.91 Å². The number of hydrogen-bond donors (Lipinski definition) is 3. The summed E-state index contributed by atoms with van der Waals surface area (Å²) in [4.78, 5) is 28.8. The molecule has 4 rings (SSSR count). The van der Waals surface area contributed by atoms with Gasteiger partial charge in [-0.15, -0.1) is 11.3 Å². The fourth-order valence-corrected chi connectivity index (χ4v) is 5.09. The van der Waals surface area contributed by atoms with Crippen molar-refractivity contribution in [2.75, 3.05) is 18.9 Å². The smallest absolute Gasteiger partial charge is 0.254 e. The predicted molar refractivity (Wildman–Crippen MR) is 112 cm³/mol. The molecule has 0 spiro atoms. The van der Waals surface area contributed by atoms with Gasteiger partial charge in [0.25, 0.3) is 5.91 Å². The van der Waals surface area contributed by atoms with E-state index in [9.17, 15) is 9.59 Å². The van der Waals surface area contributed by atoms with Crippen molar-refractivity contribution < 1.29 is 9.59 Å². The Bertz CT molecular complexity index is 808. The molecule has 2 saturated carbocycles. The fraction of sp³-hybridized carbons (Fsp3) is 0.619. The van der Waals surface area contributed by atoms with Crippen molar-refractivity contribution >= 4 is 28.2 Å². The number of carbonyl (C=O) groups is 2. The summed E-state index contributed by atoms with van der Waals surface area (Å²) in [6.45, 7) is 2.67. The molecule has 0 bridgehead atoms. The Morgan fingerprint density at radius 3 is 2.64 bits per heavy atom. The molecule has 1 heterocycles. The third-order valence-corrected chi connectivity index (χ3v) is 7.35. The number of thiophene rings is 1. The van der Waals surface area contributed by atoms with Gasteiger partial charge in [-0.2, -0.15) is 0 Å². The highest BCUT2D eigenvalue weighted by molar-refractivity contribution is 7.17. The zero-order valence-corrected chi connectivity index (χ0v) is 17.5. The third-order valence-electron chi connectivity index (χ3n) is 6.15. The first-order valence-electron chi connectivity index (χ1n) is 10.4. The summed E-state index contributed by atoms with van der Waals surface area (Å²) < 4.78 is 0. The number of anilines is 1. The second-order valence-electron chi connectivity index (χ2n) is 8.35. The van der Waals surface area contributed by atoms with Gasteiger partial charge in [0.05, 0.1) is 11.4 Å². The van der Waals surface area contributed by atoms with Crippen LogP contribution in [0.4, 0.5) is 5.00 Å². The van der Waals surface area contributed by atoms with E-state index in [1.165, 1.54) is 17.7 Å². The fourth-order valence-electron chi connectivity index (χ4n) is 3.85. The first kappa shape index (κ1) is 19.3. The van der Waals surface area contributed by atoms with Gasteiger partial charge in [-0.25, -0.2) is 0 Å². The van der Waals surface area contributed by atoms with Crippen molar-refractivity contribution in [3.63, 3.8) is 0 Å². The molecular formula is C21H30N4O2S. The summed E-state index contributed by atoms with van der Waals surface area (Å²) in [5.74, 6) is 1.51. The second kappa shape index (κ2) is 7.78. The molecule has 3 aliphatic rings. The number of carbonyl (C=O) groups excluding carboxylic acids is 2. The third kappa shape index (κ3) is 4.04. The minimum absolute atomic E-state index is 0.0437. The van der Waals surface area contributed by atoms with E-state index >= 15 is 0 Å². The number of likely N-dealkylation sites (N-methyl/N-ethyl adjacent to an activating group) is 1. The average Bonchev–Trinajstić information content (AvgIpc) is 3.60. The zero-order valence-electron chi connectivity index (χ0n) is 16.7. The van der Waals surface area contributed by atoms with Crippen LogP contribution in [-0.4, -0.2) is 36.3 Å². The van der Waals surface area contributed by atoms with Crippen molar-refractivity contribution in [2.24, 2.45) is 17.6 Å². The number of nitrogens with zero attached hydrogens (tertiary/aromatic N) is 1. The highest BCUT2D eigenvalue weighted by Crippen LogP contribution is 2.41. The lowest BCUT2D eigenvalue weighted by Gasteiger charge is -2.33. The van der Waals surface area contributed by atoms with E-state index < -0.39 is 0 Å². The molecule has 0 aliphatic heterocycles. The van der Waals surface area contributed by atoms with Crippen LogP contribution in [0, 0.1) is 11.8 Å². The van der Waals surface area contributed by atoms with Gasteiger partial charge in [0, 0.05) is 30.4 Å². The van der Waals surface area contributed by atoms with E-state index in [4.69, 9.17) is 5.73 Å². The molecule has 0 aromatic carbocycles. The Morgan fingerprint density at radius 2 is 2.00 bits per heavy atom. The summed E-state index contributed by atoms with van der Waals surface area (Å²) in [6, 6.07) is 0.264. The standard InChI is InChI=1S/C21H30N4O2S/c1-3-17(22)25(2)14-8-9-16-15(10-14)18(20(27)23-11-12-4-5-12)21(28-16)24-19(26)13-6-7-13/h3,12-14H,4-11,22H2,1-2H3,(H,23,27)(H,24,26)/b17-3-. The van der Waals surface area contributed by atoms with E-state index in [1.54, 1.807) is 11.3 Å². The molecule has 0 radical (unpaired) electrons. The van der Waals surface area contributed by atoms with Gasteiger partial charge in [-0.1, -0.05) is 0 Å². The number of nitrogens with one attached hydrogen (secondary N) is 2. The molecule has 6 nitrogen and oxygen atoms in total. The molecule has 2 fully saturated rings. The molecule has 4 N–H and O–H groups in total. The van der Waals surface area contributed by atoms with Gasteiger partial charge in [0.1, 0.15) is 5.00 Å². The number of nitrogens with two attached hydrogens (primary N) is 1. The predicted octanol–water partition coefficient (Wildman–Crippen LogP) is 2.85. The quantitative estimate of drug-likeness (QED) is 0.654. The summed E-state index contributed by atoms with van der Waals surface area (Å²) in [7, 11) is 2.01. The highest BCUT2D eigenvalue weighted by Gasteiger charge is 2.35. The molecule has 1 aromatic heterocycles. The van der Waals surface area contributed by atoms with Gasteiger partial charge < -0.3 is 21.3 Å². The first-order valence-corrected chi connectivity index (χ1v) is 11.2. The maximum atomic E-state index is 13.1. The van der Waals surface area contributed by atoms with Gasteiger partial charge in [-0.05, 0) is 69.4 Å². The normalized spacial score (nSPS) is 21.8. The SMILES string of the molecule is C/C=C(/N)N(C)C1CCc2sc(NC(=O)C3CC3)c(C(=O)NCC3CC3)c2C1. The molecule has 0 saturated heterocycles. The maximum absolute atomic E-state index is 13.1. The van der Waals surface area contributed by atoms with E-state index in [0.29, 0.717) is 11.5 Å². The minimum atomic E-state index is -0.0437. The van der Waals surface area contributed by atoms with Gasteiger partial charge >= 0.3 is 0 Å². The van der Waals surface area contributed by atoms with E-state index in [2.05, 4.69) is 15.5 Å². The average molecular weight is 403 g/mol. The molecule has 1 aromatic rings. The van der Waals surface area contributed by atoms with Crippen LogP contribution in [0.15, 0.2) is 11.9 Å². The summed E-state index contributed by atoms with van der Waals surface area (Å²) in [6.07, 6.45) is 8.90. The lowest BCUT2D eigenvalue weighted by atomic mass is 9.90. The van der Waals surface area contributed by atoms with Crippen molar-refractivity contribution in [1.29, 1.82) is 0 Å². The van der Waals surface area contributed by atoms with Crippen LogP contribution >= 0.6 is 11.3 Å². The Morgan fingerprint density at radius 1 is 1.25 bits per heavy atom. The molecule has 7 heteroatoms. The second-order valence-corrected chi connectivity index (χ2v) is 9.45. The van der Waals surface area contributed by atoms with Gasteiger partial charge in [-0.3, -0.25) is 9.59 Å². The first-order chi connectivity index (χ1) is 13.5. The molecule has 152 valence electrons. The van der Waals surface area contributed by atoms with Gasteiger partial charge in [0.15, 0.2) is 0 Å². The monoisotopic (exact) mass is 402 g/mol. The number of aryl methyl sites for hydroxylation is 1. The Kier molecular flexibility index (Phi) is 5.36.